The summed E-state index contributed by atoms with van der Waals surface area (Å²) >= 11 is 7.18. The molecule has 3 nitrogen and oxygen atoms in total. The summed E-state index contributed by atoms with van der Waals surface area (Å²) in [6.07, 6.45) is 0. The quantitative estimate of drug-likeness (QED) is 0.529. The van der Waals surface area contributed by atoms with Crippen LogP contribution in [0.15, 0.2) is 24.3 Å². The first-order valence-electron chi connectivity index (χ1n) is 8.87. The minimum atomic E-state index is -0.263. The topological polar surface area (TPSA) is 33.6 Å². The molecule has 0 fully saturated rings. The summed E-state index contributed by atoms with van der Waals surface area (Å²) in [6.45, 7) is 11.0. The number of halogens is 1. The van der Waals surface area contributed by atoms with Crippen molar-refractivity contribution in [1.82, 2.24) is 14.8 Å². The van der Waals surface area contributed by atoms with E-state index in [-0.39, 0.29) is 5.82 Å². The number of thioether (sulfide) groups is 1. The van der Waals surface area contributed by atoms with Crippen LogP contribution in [0.2, 0.25) is 0 Å². The predicted molar refractivity (Wildman–Crippen MR) is 114 cm³/mol. The molecular weight excluding hydrogens is 377 g/mol. The fourth-order valence-corrected chi connectivity index (χ4v) is 4.69. The molecule has 0 aliphatic carbocycles. The highest BCUT2D eigenvalue weighted by atomic mass is 32.2. The lowest BCUT2D eigenvalue weighted by atomic mass is 9.90. The maximum absolute atomic E-state index is 13.2. The van der Waals surface area contributed by atoms with Crippen LogP contribution in [0.1, 0.15) is 39.2 Å². The van der Waals surface area contributed by atoms with Crippen LogP contribution in [0.3, 0.4) is 0 Å². The van der Waals surface area contributed by atoms with E-state index in [4.69, 9.17) is 12.2 Å². The molecule has 0 aliphatic heterocycles. The lowest BCUT2D eigenvalue weighted by Crippen LogP contribution is -2.03. The molecule has 6 heteroatoms. The second-order valence-corrected chi connectivity index (χ2v) is 8.23. The van der Waals surface area contributed by atoms with Crippen LogP contribution in [0, 0.1) is 45.2 Å². The Balaban J connectivity index is 1.82. The highest BCUT2D eigenvalue weighted by molar-refractivity contribution is 7.97. The van der Waals surface area contributed by atoms with E-state index in [1.807, 2.05) is 16.3 Å². The number of hydrogen-bond donors (Lipinski definition) is 1. The number of nitrogens with zero attached hydrogens (tertiary/aromatic N) is 2. The zero-order chi connectivity index (χ0) is 19.7. The predicted octanol–water partition coefficient (Wildman–Crippen LogP) is 6.04. The largest absolute Gasteiger partial charge is 0.271 e. The van der Waals surface area contributed by atoms with Gasteiger partial charge in [-0.25, -0.2) is 4.39 Å². The Hall–Kier alpha value is -1.92. The van der Waals surface area contributed by atoms with Crippen molar-refractivity contribution in [2.75, 3.05) is 0 Å². The van der Waals surface area contributed by atoms with E-state index in [9.17, 15) is 4.39 Å². The van der Waals surface area contributed by atoms with Crippen molar-refractivity contribution in [3.63, 3.8) is 0 Å². The first-order valence-corrected chi connectivity index (χ1v) is 10.4. The standard InChI is InChI=1S/C21H24FN3S2/c1-12-13(2)15(4)19(16(5)14(12)3)10-27-11-20-23-24-21(26)25(20)18-8-6-17(22)7-9-18/h6-9H,10-11H2,1-5H3,(H,24,26). The van der Waals surface area contributed by atoms with E-state index in [1.54, 1.807) is 12.1 Å². The number of rotatable bonds is 5. The van der Waals surface area contributed by atoms with Gasteiger partial charge in [0.15, 0.2) is 4.77 Å². The van der Waals surface area contributed by atoms with Gasteiger partial charge in [-0.15, -0.1) is 11.8 Å². The van der Waals surface area contributed by atoms with Gasteiger partial charge in [0.1, 0.15) is 11.6 Å². The highest BCUT2D eigenvalue weighted by Crippen LogP contribution is 2.30. The third kappa shape index (κ3) is 3.87. The summed E-state index contributed by atoms with van der Waals surface area (Å²) < 4.78 is 15.6. The van der Waals surface area contributed by atoms with E-state index >= 15 is 0 Å². The van der Waals surface area contributed by atoms with Crippen molar-refractivity contribution in [3.05, 3.63) is 74.1 Å². The highest BCUT2D eigenvalue weighted by Gasteiger charge is 2.14. The van der Waals surface area contributed by atoms with Crippen LogP contribution in [-0.2, 0) is 11.5 Å². The third-order valence-electron chi connectivity index (χ3n) is 5.46. The summed E-state index contributed by atoms with van der Waals surface area (Å²) in [4.78, 5) is 0. The van der Waals surface area contributed by atoms with Crippen LogP contribution in [-0.4, -0.2) is 14.8 Å². The van der Waals surface area contributed by atoms with Crippen LogP contribution in [0.4, 0.5) is 4.39 Å². The van der Waals surface area contributed by atoms with Gasteiger partial charge < -0.3 is 0 Å². The molecule has 0 unspecified atom stereocenters. The van der Waals surface area contributed by atoms with Gasteiger partial charge in [-0.3, -0.25) is 9.67 Å². The van der Waals surface area contributed by atoms with E-state index in [1.165, 1.54) is 45.5 Å². The number of H-pyrrole nitrogens is 1. The van der Waals surface area contributed by atoms with Crippen molar-refractivity contribution in [1.29, 1.82) is 0 Å². The fraction of sp³-hybridized carbons (Fsp3) is 0.333. The molecule has 2 aromatic carbocycles. The average molecular weight is 402 g/mol. The monoisotopic (exact) mass is 401 g/mol. The van der Waals surface area contributed by atoms with Crippen LogP contribution in [0.25, 0.3) is 5.69 Å². The molecule has 0 atom stereocenters. The zero-order valence-corrected chi connectivity index (χ0v) is 17.9. The van der Waals surface area contributed by atoms with E-state index in [0.717, 1.165) is 23.0 Å². The van der Waals surface area contributed by atoms with Crippen LogP contribution < -0.4 is 0 Å². The van der Waals surface area contributed by atoms with Gasteiger partial charge in [0.2, 0.25) is 0 Å². The molecular formula is C21H24FN3S2. The Bertz CT molecular complexity index is 1000. The van der Waals surface area contributed by atoms with Crippen molar-refractivity contribution < 1.29 is 4.39 Å². The summed E-state index contributed by atoms with van der Waals surface area (Å²) in [5, 5.41) is 7.23. The Kier molecular flexibility index (Phi) is 5.86. The number of hydrogen-bond acceptors (Lipinski definition) is 3. The number of benzene rings is 2. The van der Waals surface area contributed by atoms with Crippen molar-refractivity contribution >= 4 is 24.0 Å². The van der Waals surface area contributed by atoms with Gasteiger partial charge in [-0.1, -0.05) is 0 Å². The van der Waals surface area contributed by atoms with E-state index in [0.29, 0.717) is 4.77 Å². The molecule has 1 aromatic heterocycles. The second-order valence-electron chi connectivity index (χ2n) is 6.85. The van der Waals surface area contributed by atoms with Gasteiger partial charge in [0.25, 0.3) is 0 Å². The lowest BCUT2D eigenvalue weighted by molar-refractivity contribution is 0.627. The number of aromatic amines is 1. The second kappa shape index (κ2) is 7.98. The summed E-state index contributed by atoms with van der Waals surface area (Å²) in [5.41, 5.74) is 9.12. The molecule has 3 rings (SSSR count). The smallest absolute Gasteiger partial charge is 0.199 e. The zero-order valence-electron chi connectivity index (χ0n) is 16.3. The first kappa shape index (κ1) is 19.8. The maximum atomic E-state index is 13.2. The van der Waals surface area contributed by atoms with Crippen LogP contribution >= 0.6 is 24.0 Å². The average Bonchev–Trinajstić information content (AvgIpc) is 3.02. The molecule has 142 valence electrons. The molecule has 0 spiro atoms. The summed E-state index contributed by atoms with van der Waals surface area (Å²) in [6, 6.07) is 6.31. The minimum absolute atomic E-state index is 0.263. The molecule has 0 aliphatic rings. The third-order valence-corrected chi connectivity index (χ3v) is 6.69. The Labute approximate surface area is 169 Å². The fourth-order valence-electron chi connectivity index (χ4n) is 3.32. The molecule has 27 heavy (non-hydrogen) atoms. The van der Waals surface area contributed by atoms with Crippen LogP contribution in [0.5, 0.6) is 0 Å². The first-order chi connectivity index (χ1) is 12.8. The Morgan fingerprint density at radius 1 is 0.926 bits per heavy atom. The number of aromatic nitrogens is 3. The molecule has 3 aromatic rings. The minimum Gasteiger partial charge on any atom is -0.271 e. The van der Waals surface area contributed by atoms with Crippen molar-refractivity contribution in [2.45, 2.75) is 46.1 Å². The van der Waals surface area contributed by atoms with Crippen molar-refractivity contribution in [2.24, 2.45) is 0 Å². The molecule has 1 heterocycles. The SMILES string of the molecule is Cc1c(C)c(C)c(CSCc2n[nH]c(=S)n2-c2ccc(F)cc2)c(C)c1C. The maximum Gasteiger partial charge on any atom is 0.199 e. The van der Waals surface area contributed by atoms with E-state index < -0.39 is 0 Å². The van der Waals surface area contributed by atoms with Crippen molar-refractivity contribution in [3.8, 4) is 5.69 Å². The molecule has 0 saturated carbocycles. The Morgan fingerprint density at radius 2 is 1.48 bits per heavy atom. The lowest BCUT2D eigenvalue weighted by Gasteiger charge is -2.18. The van der Waals surface area contributed by atoms with Gasteiger partial charge in [-0.2, -0.15) is 5.10 Å². The molecule has 0 bridgehead atoms. The summed E-state index contributed by atoms with van der Waals surface area (Å²) in [5.74, 6) is 2.21. The summed E-state index contributed by atoms with van der Waals surface area (Å²) in [7, 11) is 0. The number of nitrogens with one attached hydrogen (secondary N) is 1. The molecule has 1 N–H and O–H groups in total. The van der Waals surface area contributed by atoms with Gasteiger partial charge in [-0.05, 0) is 104 Å². The molecule has 0 radical (unpaired) electrons. The van der Waals surface area contributed by atoms with Gasteiger partial charge in [0.05, 0.1) is 5.75 Å². The van der Waals surface area contributed by atoms with E-state index in [2.05, 4.69) is 44.8 Å². The van der Waals surface area contributed by atoms with Gasteiger partial charge in [0, 0.05) is 11.4 Å². The Morgan fingerprint density at radius 3 is 2.07 bits per heavy atom. The molecule has 0 saturated heterocycles. The van der Waals surface area contributed by atoms with Gasteiger partial charge >= 0.3 is 0 Å². The molecule has 0 amide bonds. The normalized spacial score (nSPS) is 11.2.